The maximum Gasteiger partial charge on any atom is 0.416 e. The Morgan fingerprint density at radius 2 is 1.13 bits per heavy atom. The zero-order valence-corrected chi connectivity index (χ0v) is 33.3. The van der Waals surface area contributed by atoms with Crippen molar-refractivity contribution in [3.05, 3.63) is 82.9 Å². The number of amides is 3. The third kappa shape index (κ3) is 17.6. The number of hydrogen-bond acceptors (Lipinski definition) is 15. The van der Waals surface area contributed by atoms with Gasteiger partial charge in [-0.15, -0.1) is 0 Å². The molecule has 0 aliphatic carbocycles. The number of nitrogens with two attached hydrogens (primary N) is 1. The van der Waals surface area contributed by atoms with Crippen molar-refractivity contribution < 1.29 is 100 Å². The highest BCUT2D eigenvalue weighted by Crippen LogP contribution is 2.31. The number of methoxy groups -OCH3 is 2. The van der Waals surface area contributed by atoms with E-state index in [9.17, 15) is 65.9 Å². The van der Waals surface area contributed by atoms with Crippen molar-refractivity contribution in [1.82, 2.24) is 16.0 Å². The number of halogens is 6. The largest absolute Gasteiger partial charge is 0.480 e. The highest BCUT2D eigenvalue weighted by atomic mass is 19.4. The number of benzene rings is 2. The van der Waals surface area contributed by atoms with Crippen molar-refractivity contribution in [3.8, 4) is 0 Å². The van der Waals surface area contributed by atoms with Crippen LogP contribution >= 0.6 is 0 Å². The van der Waals surface area contributed by atoms with Crippen molar-refractivity contribution in [2.45, 2.75) is 73.6 Å². The summed E-state index contributed by atoms with van der Waals surface area (Å²) in [7, 11) is 2.62. The highest BCUT2D eigenvalue weighted by molar-refractivity contribution is 5.94. The summed E-state index contributed by atoms with van der Waals surface area (Å²) in [4.78, 5) is 45.2. The van der Waals surface area contributed by atoms with Gasteiger partial charge in [0.2, 0.25) is 17.7 Å². The Kier molecular flexibility index (Phi) is 21.7. The molecule has 10 atom stereocenters. The van der Waals surface area contributed by atoms with Crippen molar-refractivity contribution in [2.75, 3.05) is 40.5 Å². The van der Waals surface area contributed by atoms with Gasteiger partial charge in [-0.1, -0.05) is 24.3 Å². The molecule has 0 aromatic heterocycles. The molecule has 0 spiro atoms. The summed E-state index contributed by atoms with van der Waals surface area (Å²) in [5.41, 5.74) is 4.16. The van der Waals surface area contributed by atoms with Crippen LogP contribution in [0.4, 0.5) is 26.3 Å². The van der Waals surface area contributed by atoms with E-state index >= 15 is 0 Å². The van der Waals surface area contributed by atoms with E-state index in [-0.39, 0.29) is 17.7 Å². The van der Waals surface area contributed by atoms with E-state index in [1.165, 1.54) is 44.6 Å². The van der Waals surface area contributed by atoms with Gasteiger partial charge in [-0.3, -0.25) is 19.2 Å². The molecular formula is C38H48F6N4O15. The Hall–Kier alpha value is -5.06. The Morgan fingerprint density at radius 1 is 0.698 bits per heavy atom. The van der Waals surface area contributed by atoms with Gasteiger partial charge in [-0.2, -0.15) is 26.3 Å². The quantitative estimate of drug-likeness (QED) is 0.0824. The third-order valence-corrected chi connectivity index (χ3v) is 8.72. The molecule has 10 unspecified atom stereocenters. The number of ether oxygens (including phenoxy) is 4. The van der Waals surface area contributed by atoms with E-state index in [1.54, 1.807) is 0 Å². The number of alkyl halides is 6. The topological polar surface area (TPSA) is 309 Å². The van der Waals surface area contributed by atoms with Gasteiger partial charge in [0.25, 0.3) is 0 Å². The van der Waals surface area contributed by atoms with E-state index in [4.69, 9.17) is 40.0 Å². The fourth-order valence-electron chi connectivity index (χ4n) is 5.42. The highest BCUT2D eigenvalue weighted by Gasteiger charge is 2.45. The van der Waals surface area contributed by atoms with Crippen LogP contribution < -0.4 is 21.7 Å². The number of carboxylic acids is 1. The lowest BCUT2D eigenvalue weighted by molar-refractivity contribution is -0.262. The zero-order valence-electron chi connectivity index (χ0n) is 33.3. The molecule has 2 aromatic rings. The van der Waals surface area contributed by atoms with Gasteiger partial charge in [0.15, 0.2) is 12.6 Å². The third-order valence-electron chi connectivity index (χ3n) is 8.72. The monoisotopic (exact) mass is 914 g/mol. The molecule has 2 heterocycles. The number of carboxylic acid groups (broad SMARTS) is 1. The molecule has 63 heavy (non-hydrogen) atoms. The first-order valence-electron chi connectivity index (χ1n) is 18.3. The van der Waals surface area contributed by atoms with Crippen LogP contribution in [0.25, 0.3) is 12.2 Å². The average Bonchev–Trinajstić information content (AvgIpc) is 3.24. The minimum absolute atomic E-state index is 0.146. The summed E-state index contributed by atoms with van der Waals surface area (Å²) in [5, 5.41) is 71.7. The van der Waals surface area contributed by atoms with E-state index in [0.717, 1.165) is 42.5 Å². The van der Waals surface area contributed by atoms with Gasteiger partial charge in [-0.25, -0.2) is 0 Å². The maximum atomic E-state index is 12.7. The zero-order chi connectivity index (χ0) is 47.7. The van der Waals surface area contributed by atoms with Crippen LogP contribution in [-0.4, -0.2) is 161 Å². The van der Waals surface area contributed by atoms with Gasteiger partial charge in [-0.05, 0) is 47.5 Å². The second kappa shape index (κ2) is 25.3. The lowest BCUT2D eigenvalue weighted by Crippen LogP contribution is -2.65. The van der Waals surface area contributed by atoms with Gasteiger partial charge >= 0.3 is 18.3 Å². The Balaban J connectivity index is 0.000000361. The maximum absolute atomic E-state index is 12.7. The number of carbonyl (C=O) groups excluding carboxylic acids is 3. The van der Waals surface area contributed by atoms with Gasteiger partial charge in [0.05, 0.1) is 36.9 Å². The second-order valence-electron chi connectivity index (χ2n) is 13.3. The predicted octanol–water partition coefficient (Wildman–Crippen LogP) is -1.28. The van der Waals surface area contributed by atoms with E-state index in [1.807, 2.05) is 5.32 Å². The summed E-state index contributed by atoms with van der Waals surface area (Å²) < 4.78 is 95.5. The van der Waals surface area contributed by atoms with Crippen LogP contribution in [0, 0.1) is 0 Å². The number of aliphatic carboxylic acids is 1. The Bertz CT molecular complexity index is 1830. The van der Waals surface area contributed by atoms with Crippen LogP contribution in [-0.2, 0) is 50.5 Å². The second-order valence-corrected chi connectivity index (χ2v) is 13.3. The molecule has 12 N–H and O–H groups in total. The van der Waals surface area contributed by atoms with Crippen LogP contribution in [0.3, 0.4) is 0 Å². The predicted molar refractivity (Wildman–Crippen MR) is 204 cm³/mol. The molecule has 2 aliphatic rings. The molecule has 2 saturated heterocycles. The normalized spacial score (nSPS) is 26.1. The summed E-state index contributed by atoms with van der Waals surface area (Å²) in [5.74, 6) is -3.39. The molecule has 352 valence electrons. The molecule has 19 nitrogen and oxygen atoms in total. The minimum atomic E-state index is -4.51. The van der Waals surface area contributed by atoms with Crippen molar-refractivity contribution in [1.29, 1.82) is 0 Å². The van der Waals surface area contributed by atoms with Crippen LogP contribution in [0.2, 0.25) is 0 Å². The number of aliphatic hydroxyl groups excluding tert-OH is 6. The lowest BCUT2D eigenvalue weighted by Gasteiger charge is -2.41. The Morgan fingerprint density at radius 3 is 1.54 bits per heavy atom. The number of hydrogen-bond donors (Lipinski definition) is 11. The molecular weight excluding hydrogens is 866 g/mol. The van der Waals surface area contributed by atoms with Gasteiger partial charge in [0, 0.05) is 26.4 Å². The fourth-order valence-corrected chi connectivity index (χ4v) is 5.42. The molecule has 2 fully saturated rings. The molecule has 0 radical (unpaired) electrons. The molecule has 2 aliphatic heterocycles. The summed E-state index contributed by atoms with van der Waals surface area (Å²) in [6, 6.07) is 6.81. The summed E-state index contributed by atoms with van der Waals surface area (Å²) in [6.45, 7) is -2.03. The SMILES string of the molecule is COC1OC(CO)C(O)C(O)C1N.COC1OC(CO)C(O)C(O)C1NC(=O)CNC(=O)/C=C/c1cccc(C(F)(F)F)c1.O=C(O)CNC(=O)/C=C/c1cccc(C(F)(F)F)c1. The standard InChI is InChI=1S/C19H23F3N2O7.C12H10F3NO3.C7H15NO5/c1-30-18-15(17(29)16(28)12(9-25)31-18)24-14(27)8-23-13(26)6-5-10-3-2-4-11(7-10)19(20,21)22;13-12(14,15)9-3-1-2-8(6-9)4-5-10(17)16-7-11(18)19;1-12-7-4(8)6(11)5(10)3(2-9)13-7/h2-7,12,15-18,25,28-29H,8-9H2,1H3,(H,23,26)(H,24,27);1-6H,7H2,(H,16,17)(H,18,19);3-7,9-11H,2,8H2,1H3/b6-5+;5-4+;. The summed E-state index contributed by atoms with van der Waals surface area (Å²) in [6.07, 6.45) is -13.9. The average molecular weight is 915 g/mol. The van der Waals surface area contributed by atoms with Crippen molar-refractivity contribution in [3.63, 3.8) is 0 Å². The first-order chi connectivity index (χ1) is 29.5. The Labute approximate surface area is 354 Å². The molecule has 2 aromatic carbocycles. The first-order valence-corrected chi connectivity index (χ1v) is 18.3. The molecule has 0 bridgehead atoms. The number of carbonyl (C=O) groups is 4. The van der Waals surface area contributed by atoms with Crippen molar-refractivity contribution in [2.24, 2.45) is 5.73 Å². The number of nitrogens with one attached hydrogen (secondary N) is 3. The molecule has 3 amide bonds. The van der Waals surface area contributed by atoms with E-state index in [0.29, 0.717) is 0 Å². The van der Waals surface area contributed by atoms with Crippen molar-refractivity contribution >= 4 is 35.8 Å². The molecule has 25 heteroatoms. The molecule has 0 saturated carbocycles. The van der Waals surface area contributed by atoms with Crippen LogP contribution in [0.1, 0.15) is 22.3 Å². The number of rotatable bonds is 13. The smallest absolute Gasteiger partial charge is 0.416 e. The van der Waals surface area contributed by atoms with E-state index in [2.05, 4.69) is 10.6 Å². The summed E-state index contributed by atoms with van der Waals surface area (Å²) >= 11 is 0. The van der Waals surface area contributed by atoms with E-state index < -0.39 is 128 Å². The fraction of sp³-hybridized carbons (Fsp3) is 0.474. The molecule has 4 rings (SSSR count). The van der Waals surface area contributed by atoms with Crippen LogP contribution in [0.5, 0.6) is 0 Å². The number of aliphatic hydroxyl groups is 6. The first kappa shape index (κ1) is 54.1. The van der Waals surface area contributed by atoms with Gasteiger partial charge in [0.1, 0.15) is 49.2 Å². The van der Waals surface area contributed by atoms with Gasteiger partial charge < -0.3 is 76.4 Å². The minimum Gasteiger partial charge on any atom is -0.480 e. The van der Waals surface area contributed by atoms with Crippen LogP contribution in [0.15, 0.2) is 60.7 Å². The lowest BCUT2D eigenvalue weighted by atomic mass is 9.97.